The third-order valence-electron chi connectivity index (χ3n) is 3.69. The van der Waals surface area contributed by atoms with Gasteiger partial charge in [-0.2, -0.15) is 0 Å². The molecule has 0 aliphatic rings. The summed E-state index contributed by atoms with van der Waals surface area (Å²) in [5.74, 6) is 1.19. The standard InChI is InChI=1S/C20H24N2O3S/c1-3-4-5-13-25-17-11-9-15(10-12-17)19(23)22-20(26)21-16-7-6-8-18(14-16)24-2/h6-12,14H,3-5,13H2,1-2H3,(H2,21,22,23,26). The van der Waals surface area contributed by atoms with Crippen LogP contribution in [0.4, 0.5) is 5.69 Å². The number of unbranched alkanes of at least 4 members (excludes halogenated alkanes) is 2. The van der Waals surface area contributed by atoms with Crippen LogP contribution in [0, 0.1) is 0 Å². The van der Waals surface area contributed by atoms with Crippen molar-refractivity contribution in [1.82, 2.24) is 5.32 Å². The summed E-state index contributed by atoms with van der Waals surface area (Å²) in [4.78, 5) is 12.3. The molecule has 2 rings (SSSR count). The van der Waals surface area contributed by atoms with E-state index in [0.29, 0.717) is 17.9 Å². The number of amides is 1. The third-order valence-corrected chi connectivity index (χ3v) is 3.89. The minimum absolute atomic E-state index is 0.225. The van der Waals surface area contributed by atoms with Gasteiger partial charge in [-0.25, -0.2) is 0 Å². The second-order valence-electron chi connectivity index (χ2n) is 5.72. The molecule has 0 aliphatic heterocycles. The van der Waals surface area contributed by atoms with Gasteiger partial charge in [-0.15, -0.1) is 0 Å². The fourth-order valence-corrected chi connectivity index (χ4v) is 2.49. The van der Waals surface area contributed by atoms with Gasteiger partial charge in [0, 0.05) is 17.3 Å². The van der Waals surface area contributed by atoms with Crippen molar-refractivity contribution in [2.45, 2.75) is 26.2 Å². The lowest BCUT2D eigenvalue weighted by Crippen LogP contribution is -2.34. The van der Waals surface area contributed by atoms with Gasteiger partial charge in [-0.3, -0.25) is 10.1 Å². The second-order valence-corrected chi connectivity index (χ2v) is 6.13. The Morgan fingerprint density at radius 2 is 1.85 bits per heavy atom. The van der Waals surface area contributed by atoms with Crippen molar-refractivity contribution in [1.29, 1.82) is 0 Å². The molecule has 0 bridgehead atoms. The quantitative estimate of drug-likeness (QED) is 0.532. The number of methoxy groups -OCH3 is 1. The van der Waals surface area contributed by atoms with E-state index < -0.39 is 0 Å². The van der Waals surface area contributed by atoms with Crippen LogP contribution in [0.25, 0.3) is 0 Å². The Morgan fingerprint density at radius 1 is 1.08 bits per heavy atom. The first kappa shape index (κ1) is 19.7. The highest BCUT2D eigenvalue weighted by molar-refractivity contribution is 7.80. The number of hydrogen-bond acceptors (Lipinski definition) is 4. The van der Waals surface area contributed by atoms with E-state index in [0.717, 1.165) is 30.7 Å². The highest BCUT2D eigenvalue weighted by Gasteiger charge is 2.08. The molecule has 2 N–H and O–H groups in total. The first-order valence-corrected chi connectivity index (χ1v) is 9.02. The summed E-state index contributed by atoms with van der Waals surface area (Å²) in [6.07, 6.45) is 3.34. The van der Waals surface area contributed by atoms with Crippen LogP contribution in [0.5, 0.6) is 11.5 Å². The van der Waals surface area contributed by atoms with Gasteiger partial charge in [0.2, 0.25) is 0 Å². The summed E-state index contributed by atoms with van der Waals surface area (Å²) in [5, 5.41) is 5.85. The van der Waals surface area contributed by atoms with Crippen molar-refractivity contribution in [3.8, 4) is 11.5 Å². The number of anilines is 1. The van der Waals surface area contributed by atoms with Crippen LogP contribution in [0.15, 0.2) is 48.5 Å². The lowest BCUT2D eigenvalue weighted by molar-refractivity contribution is 0.0977. The molecule has 0 fully saturated rings. The average Bonchev–Trinajstić information content (AvgIpc) is 2.65. The normalized spacial score (nSPS) is 10.1. The van der Waals surface area contributed by atoms with Crippen LogP contribution in [-0.2, 0) is 0 Å². The first-order valence-electron chi connectivity index (χ1n) is 8.61. The van der Waals surface area contributed by atoms with Crippen molar-refractivity contribution in [3.63, 3.8) is 0 Å². The van der Waals surface area contributed by atoms with Crippen molar-refractivity contribution in [2.24, 2.45) is 0 Å². The smallest absolute Gasteiger partial charge is 0.257 e. The third kappa shape index (κ3) is 6.37. The summed E-state index contributed by atoms with van der Waals surface area (Å²) in [7, 11) is 1.59. The van der Waals surface area contributed by atoms with Gasteiger partial charge in [-0.1, -0.05) is 25.8 Å². The van der Waals surface area contributed by atoms with Crippen LogP contribution in [-0.4, -0.2) is 24.7 Å². The van der Waals surface area contributed by atoms with E-state index in [1.165, 1.54) is 0 Å². The number of rotatable bonds is 8. The Bertz CT molecular complexity index is 732. The lowest BCUT2D eigenvalue weighted by atomic mass is 10.2. The molecule has 26 heavy (non-hydrogen) atoms. The topological polar surface area (TPSA) is 59.6 Å². The molecule has 0 atom stereocenters. The zero-order valence-electron chi connectivity index (χ0n) is 15.1. The van der Waals surface area contributed by atoms with Gasteiger partial charge in [0.1, 0.15) is 11.5 Å². The van der Waals surface area contributed by atoms with Gasteiger partial charge < -0.3 is 14.8 Å². The summed E-state index contributed by atoms with van der Waals surface area (Å²) < 4.78 is 10.8. The first-order chi connectivity index (χ1) is 12.6. The fraction of sp³-hybridized carbons (Fsp3) is 0.300. The van der Waals surface area contributed by atoms with E-state index in [2.05, 4.69) is 17.6 Å². The Kier molecular flexibility index (Phi) is 7.89. The zero-order chi connectivity index (χ0) is 18.8. The predicted molar refractivity (Wildman–Crippen MR) is 108 cm³/mol. The summed E-state index contributed by atoms with van der Waals surface area (Å²) in [6.45, 7) is 2.84. The molecular weight excluding hydrogens is 348 g/mol. The maximum absolute atomic E-state index is 12.3. The molecular formula is C20H24N2O3S. The van der Waals surface area contributed by atoms with Gasteiger partial charge in [0.25, 0.3) is 5.91 Å². The van der Waals surface area contributed by atoms with E-state index >= 15 is 0 Å². The molecule has 138 valence electrons. The fourth-order valence-electron chi connectivity index (χ4n) is 2.28. The molecule has 0 aromatic heterocycles. The van der Waals surface area contributed by atoms with Gasteiger partial charge in [-0.05, 0) is 55.0 Å². The Morgan fingerprint density at radius 3 is 2.54 bits per heavy atom. The summed E-state index contributed by atoms with van der Waals surface area (Å²) >= 11 is 5.19. The van der Waals surface area contributed by atoms with Gasteiger partial charge in [0.15, 0.2) is 5.11 Å². The molecule has 0 saturated carbocycles. The predicted octanol–water partition coefficient (Wildman–Crippen LogP) is 4.39. The van der Waals surface area contributed by atoms with E-state index in [9.17, 15) is 4.79 Å². The summed E-state index contributed by atoms with van der Waals surface area (Å²) in [5.41, 5.74) is 1.26. The Balaban J connectivity index is 1.85. The van der Waals surface area contributed by atoms with Crippen molar-refractivity contribution in [2.75, 3.05) is 19.0 Å². The molecule has 5 nitrogen and oxygen atoms in total. The van der Waals surface area contributed by atoms with E-state index in [1.54, 1.807) is 37.4 Å². The number of carbonyl (C=O) groups excluding carboxylic acids is 1. The minimum Gasteiger partial charge on any atom is -0.497 e. The lowest BCUT2D eigenvalue weighted by Gasteiger charge is -2.11. The summed E-state index contributed by atoms with van der Waals surface area (Å²) in [6, 6.07) is 14.3. The van der Waals surface area contributed by atoms with Crippen molar-refractivity contribution < 1.29 is 14.3 Å². The number of thiocarbonyl (C=S) groups is 1. The number of carbonyl (C=O) groups is 1. The maximum atomic E-state index is 12.3. The second kappa shape index (κ2) is 10.4. The van der Waals surface area contributed by atoms with Gasteiger partial charge in [0.05, 0.1) is 13.7 Å². The van der Waals surface area contributed by atoms with Crippen LogP contribution < -0.4 is 20.1 Å². The van der Waals surface area contributed by atoms with E-state index in [4.69, 9.17) is 21.7 Å². The highest BCUT2D eigenvalue weighted by Crippen LogP contribution is 2.17. The molecule has 1 amide bonds. The monoisotopic (exact) mass is 372 g/mol. The van der Waals surface area contributed by atoms with Crippen molar-refractivity contribution >= 4 is 28.9 Å². The zero-order valence-corrected chi connectivity index (χ0v) is 15.9. The molecule has 0 aliphatic carbocycles. The SMILES string of the molecule is CCCCCOc1ccc(C(=O)NC(=S)Nc2cccc(OC)c2)cc1. The molecule has 0 spiro atoms. The Hall–Kier alpha value is -2.60. The van der Waals surface area contributed by atoms with Crippen LogP contribution in [0.2, 0.25) is 0 Å². The molecule has 2 aromatic rings. The van der Waals surface area contributed by atoms with Crippen LogP contribution >= 0.6 is 12.2 Å². The molecule has 0 saturated heterocycles. The average molecular weight is 372 g/mol. The molecule has 6 heteroatoms. The number of benzene rings is 2. The largest absolute Gasteiger partial charge is 0.497 e. The van der Waals surface area contributed by atoms with Crippen LogP contribution in [0.1, 0.15) is 36.5 Å². The molecule has 0 radical (unpaired) electrons. The molecule has 0 heterocycles. The minimum atomic E-state index is -0.275. The number of ether oxygens (including phenoxy) is 2. The molecule has 2 aromatic carbocycles. The van der Waals surface area contributed by atoms with E-state index in [1.807, 2.05) is 18.2 Å². The van der Waals surface area contributed by atoms with Crippen LogP contribution in [0.3, 0.4) is 0 Å². The number of hydrogen-bond donors (Lipinski definition) is 2. The van der Waals surface area contributed by atoms with Crippen molar-refractivity contribution in [3.05, 3.63) is 54.1 Å². The van der Waals surface area contributed by atoms with Gasteiger partial charge >= 0.3 is 0 Å². The maximum Gasteiger partial charge on any atom is 0.257 e. The van der Waals surface area contributed by atoms with E-state index in [-0.39, 0.29) is 11.0 Å². The highest BCUT2D eigenvalue weighted by atomic mass is 32.1. The molecule has 0 unspecified atom stereocenters. The number of nitrogens with one attached hydrogen (secondary N) is 2. The Labute approximate surface area is 159 Å².